The van der Waals surface area contributed by atoms with E-state index in [0.717, 1.165) is 37.2 Å². The summed E-state index contributed by atoms with van der Waals surface area (Å²) in [7, 11) is 0. The van der Waals surface area contributed by atoms with E-state index < -0.39 is 0 Å². The highest BCUT2D eigenvalue weighted by molar-refractivity contribution is 4.84. The molecule has 0 aromatic rings. The van der Waals surface area contributed by atoms with Crippen LogP contribution in [0.3, 0.4) is 0 Å². The van der Waals surface area contributed by atoms with Crippen molar-refractivity contribution in [2.75, 3.05) is 6.61 Å². The second-order valence-corrected chi connectivity index (χ2v) is 7.72. The molecule has 0 unspecified atom stereocenters. The van der Waals surface area contributed by atoms with Crippen molar-refractivity contribution < 1.29 is 4.74 Å². The van der Waals surface area contributed by atoms with Gasteiger partial charge in [-0.2, -0.15) is 0 Å². The van der Waals surface area contributed by atoms with Gasteiger partial charge >= 0.3 is 0 Å². The Morgan fingerprint density at radius 1 is 0.870 bits per heavy atom. The normalized spacial score (nSPS) is 32.2. The lowest BCUT2D eigenvalue weighted by Gasteiger charge is -2.37. The lowest BCUT2D eigenvalue weighted by atomic mass is 9.70. The predicted octanol–water partition coefficient (Wildman–Crippen LogP) is 6.69. The van der Waals surface area contributed by atoms with E-state index in [1.165, 1.54) is 64.2 Å². The molecule has 2 rings (SSSR count). The summed E-state index contributed by atoms with van der Waals surface area (Å²) in [5, 5.41) is 0. The van der Waals surface area contributed by atoms with Crippen LogP contribution in [-0.2, 0) is 4.74 Å². The molecule has 0 heterocycles. The van der Waals surface area contributed by atoms with E-state index in [1.54, 1.807) is 0 Å². The van der Waals surface area contributed by atoms with Gasteiger partial charge in [0.1, 0.15) is 0 Å². The maximum atomic E-state index is 6.07. The lowest BCUT2D eigenvalue weighted by molar-refractivity contribution is 0.00913. The Hall–Kier alpha value is -0.560. The maximum Gasteiger partial charge on any atom is 0.0575 e. The monoisotopic (exact) mass is 318 g/mol. The molecule has 0 amide bonds. The van der Waals surface area contributed by atoms with Crippen LogP contribution >= 0.6 is 0 Å². The van der Waals surface area contributed by atoms with Gasteiger partial charge in [0.25, 0.3) is 0 Å². The predicted molar refractivity (Wildman–Crippen MR) is 101 cm³/mol. The minimum atomic E-state index is 0.546. The van der Waals surface area contributed by atoms with Crippen molar-refractivity contribution in [3.63, 3.8) is 0 Å². The number of ether oxygens (including phenoxy) is 1. The molecular formula is C22H38O. The molecule has 0 aliphatic heterocycles. The molecule has 0 bridgehead atoms. The minimum absolute atomic E-state index is 0.546. The summed E-state index contributed by atoms with van der Waals surface area (Å²) in [4.78, 5) is 0. The summed E-state index contributed by atoms with van der Waals surface area (Å²) < 4.78 is 6.07. The Morgan fingerprint density at radius 3 is 2.13 bits per heavy atom. The van der Waals surface area contributed by atoms with Crippen LogP contribution in [-0.4, -0.2) is 12.7 Å². The molecule has 2 saturated carbocycles. The van der Waals surface area contributed by atoms with Crippen LogP contribution in [0.25, 0.3) is 0 Å². The Balaban J connectivity index is 1.58. The van der Waals surface area contributed by atoms with E-state index in [-0.39, 0.29) is 0 Å². The zero-order valence-corrected chi connectivity index (χ0v) is 15.3. The highest BCUT2D eigenvalue weighted by Gasteiger charge is 2.30. The third kappa shape index (κ3) is 6.83. The van der Waals surface area contributed by atoms with Crippen molar-refractivity contribution >= 4 is 0 Å². The van der Waals surface area contributed by atoms with Crippen molar-refractivity contribution in [2.45, 2.75) is 90.1 Å². The van der Waals surface area contributed by atoms with Crippen LogP contribution in [0.15, 0.2) is 24.8 Å². The molecule has 0 radical (unpaired) electrons. The largest absolute Gasteiger partial charge is 0.378 e. The first kappa shape index (κ1) is 18.8. The van der Waals surface area contributed by atoms with Gasteiger partial charge in [-0.05, 0) is 82.0 Å². The van der Waals surface area contributed by atoms with Crippen molar-refractivity contribution in [1.29, 1.82) is 0 Å². The Bertz CT molecular complexity index is 330. The van der Waals surface area contributed by atoms with Crippen molar-refractivity contribution in [2.24, 2.45) is 17.8 Å². The van der Waals surface area contributed by atoms with Crippen LogP contribution in [0.1, 0.15) is 84.0 Å². The van der Waals surface area contributed by atoms with Crippen LogP contribution in [0.5, 0.6) is 0 Å². The zero-order chi connectivity index (χ0) is 16.3. The molecule has 1 heteroatoms. The fourth-order valence-corrected chi connectivity index (χ4v) is 4.62. The molecule has 1 nitrogen and oxygen atoms in total. The fraction of sp³-hybridized carbons (Fsp3) is 0.818. The molecule has 23 heavy (non-hydrogen) atoms. The topological polar surface area (TPSA) is 9.23 Å². The minimum Gasteiger partial charge on any atom is -0.378 e. The first-order chi connectivity index (χ1) is 11.3. The van der Waals surface area contributed by atoms with Gasteiger partial charge in [0, 0.05) is 0 Å². The summed E-state index contributed by atoms with van der Waals surface area (Å²) in [6.07, 6.45) is 23.3. The molecule has 0 saturated heterocycles. The number of hydrogen-bond acceptors (Lipinski definition) is 1. The third-order valence-corrected chi connectivity index (χ3v) is 6.10. The summed E-state index contributed by atoms with van der Waals surface area (Å²) in [5.41, 5.74) is 0. The van der Waals surface area contributed by atoms with Gasteiger partial charge in [0.2, 0.25) is 0 Å². The quantitative estimate of drug-likeness (QED) is 0.340. The maximum absolute atomic E-state index is 6.07. The SMILES string of the molecule is C=CCCC1CCC(C2CCC(OCCC=CCC)CC2)CC1. The average molecular weight is 319 g/mol. The lowest BCUT2D eigenvalue weighted by Crippen LogP contribution is -2.28. The number of rotatable bonds is 9. The van der Waals surface area contributed by atoms with Crippen molar-refractivity contribution in [3.8, 4) is 0 Å². The molecule has 2 fully saturated rings. The van der Waals surface area contributed by atoms with Gasteiger partial charge in [-0.1, -0.05) is 38.0 Å². The smallest absolute Gasteiger partial charge is 0.0575 e. The van der Waals surface area contributed by atoms with Gasteiger partial charge in [0.05, 0.1) is 12.7 Å². The standard InChI is InChI=1S/C22H38O/c1-3-5-7-8-18-23-22-16-14-21(15-17-22)20-12-10-19(11-13-20)9-6-4-2/h4-5,7,19-22H,2-3,6,8-18H2,1H3. The van der Waals surface area contributed by atoms with Gasteiger partial charge < -0.3 is 4.74 Å². The van der Waals surface area contributed by atoms with Crippen LogP contribution < -0.4 is 0 Å². The summed E-state index contributed by atoms with van der Waals surface area (Å²) in [5.74, 6) is 3.00. The Labute approximate surface area is 144 Å². The summed E-state index contributed by atoms with van der Waals surface area (Å²) in [6, 6.07) is 0. The highest BCUT2D eigenvalue weighted by atomic mass is 16.5. The van der Waals surface area contributed by atoms with E-state index in [0.29, 0.717) is 6.10 Å². The van der Waals surface area contributed by atoms with Gasteiger partial charge in [-0.15, -0.1) is 6.58 Å². The third-order valence-electron chi connectivity index (χ3n) is 6.10. The Kier molecular flexibility index (Phi) is 9.04. The van der Waals surface area contributed by atoms with E-state index in [2.05, 4.69) is 31.7 Å². The summed E-state index contributed by atoms with van der Waals surface area (Å²) >= 11 is 0. The first-order valence-corrected chi connectivity index (χ1v) is 10.2. The molecule has 0 N–H and O–H groups in total. The van der Waals surface area contributed by atoms with Crippen LogP contribution in [0.2, 0.25) is 0 Å². The molecule has 132 valence electrons. The Morgan fingerprint density at radius 2 is 1.52 bits per heavy atom. The fourth-order valence-electron chi connectivity index (χ4n) is 4.62. The van der Waals surface area contributed by atoms with E-state index in [9.17, 15) is 0 Å². The van der Waals surface area contributed by atoms with Gasteiger partial charge in [-0.3, -0.25) is 0 Å². The number of allylic oxidation sites excluding steroid dienone is 2. The van der Waals surface area contributed by atoms with Gasteiger partial charge in [0.15, 0.2) is 0 Å². The molecule has 0 atom stereocenters. The van der Waals surface area contributed by atoms with Crippen LogP contribution in [0, 0.1) is 17.8 Å². The molecule has 0 aromatic carbocycles. The number of hydrogen-bond donors (Lipinski definition) is 0. The molecule has 2 aliphatic carbocycles. The average Bonchev–Trinajstić information content (AvgIpc) is 2.61. The zero-order valence-electron chi connectivity index (χ0n) is 15.3. The molecular weight excluding hydrogens is 280 g/mol. The first-order valence-electron chi connectivity index (χ1n) is 10.2. The molecule has 0 spiro atoms. The van der Waals surface area contributed by atoms with Crippen LogP contribution in [0.4, 0.5) is 0 Å². The second-order valence-electron chi connectivity index (χ2n) is 7.72. The van der Waals surface area contributed by atoms with E-state index >= 15 is 0 Å². The van der Waals surface area contributed by atoms with Gasteiger partial charge in [-0.25, -0.2) is 0 Å². The second kappa shape index (κ2) is 11.1. The summed E-state index contributed by atoms with van der Waals surface area (Å²) in [6.45, 7) is 6.96. The van der Waals surface area contributed by atoms with Crippen molar-refractivity contribution in [3.05, 3.63) is 24.8 Å². The molecule has 0 aromatic heterocycles. The van der Waals surface area contributed by atoms with Crippen molar-refractivity contribution in [1.82, 2.24) is 0 Å². The van der Waals surface area contributed by atoms with E-state index in [4.69, 9.17) is 4.74 Å². The molecule has 2 aliphatic rings. The van der Waals surface area contributed by atoms with E-state index in [1.807, 2.05) is 0 Å². The highest BCUT2D eigenvalue weighted by Crippen LogP contribution is 2.41.